The molecule has 0 aliphatic carbocycles. The number of morpholine rings is 1. The van der Waals surface area contributed by atoms with E-state index in [1.165, 1.54) is 0 Å². The van der Waals surface area contributed by atoms with Gasteiger partial charge in [-0.05, 0) is 60.8 Å². The second-order valence-electron chi connectivity index (χ2n) is 6.22. The van der Waals surface area contributed by atoms with Crippen molar-refractivity contribution in [3.8, 4) is 5.75 Å². The summed E-state index contributed by atoms with van der Waals surface area (Å²) in [6.45, 7) is 5.33. The van der Waals surface area contributed by atoms with E-state index >= 15 is 0 Å². The molecule has 1 aliphatic heterocycles. The summed E-state index contributed by atoms with van der Waals surface area (Å²) in [6.07, 6.45) is 2.03. The van der Waals surface area contributed by atoms with Crippen molar-refractivity contribution in [2.45, 2.75) is 19.4 Å². The molecular formula is C20H23Cl2NO2. The van der Waals surface area contributed by atoms with Crippen LogP contribution in [-0.4, -0.2) is 37.7 Å². The normalized spacial score (nSPS) is 15.3. The van der Waals surface area contributed by atoms with Crippen LogP contribution in [0.25, 0.3) is 0 Å². The van der Waals surface area contributed by atoms with Gasteiger partial charge in [-0.2, -0.15) is 0 Å². The SMILES string of the molecule is Clc1ccc(COc2ccc(Cl)cc2CCCN2CCOCC2)cc1. The first-order chi connectivity index (χ1) is 12.2. The van der Waals surface area contributed by atoms with Gasteiger partial charge in [0, 0.05) is 23.1 Å². The van der Waals surface area contributed by atoms with Crippen molar-refractivity contribution in [3.05, 3.63) is 63.6 Å². The Bertz CT molecular complexity index is 670. The van der Waals surface area contributed by atoms with Crippen molar-refractivity contribution in [3.63, 3.8) is 0 Å². The zero-order valence-electron chi connectivity index (χ0n) is 14.2. The van der Waals surface area contributed by atoms with E-state index in [0.29, 0.717) is 6.61 Å². The van der Waals surface area contributed by atoms with Gasteiger partial charge in [0.05, 0.1) is 13.2 Å². The van der Waals surface area contributed by atoms with E-state index in [-0.39, 0.29) is 0 Å². The molecule has 5 heteroatoms. The minimum atomic E-state index is 0.523. The topological polar surface area (TPSA) is 21.7 Å². The number of ether oxygens (including phenoxy) is 2. The molecule has 1 heterocycles. The van der Waals surface area contributed by atoms with Gasteiger partial charge in [-0.15, -0.1) is 0 Å². The van der Waals surface area contributed by atoms with E-state index in [1.54, 1.807) is 0 Å². The van der Waals surface area contributed by atoms with E-state index < -0.39 is 0 Å². The first kappa shape index (κ1) is 18.5. The molecule has 1 aliphatic rings. The number of hydrogen-bond donors (Lipinski definition) is 0. The summed E-state index contributed by atoms with van der Waals surface area (Å²) in [5.41, 5.74) is 2.26. The predicted molar refractivity (Wildman–Crippen MR) is 103 cm³/mol. The fourth-order valence-corrected chi connectivity index (χ4v) is 3.26. The molecule has 25 heavy (non-hydrogen) atoms. The fraction of sp³-hybridized carbons (Fsp3) is 0.400. The number of halogens is 2. The van der Waals surface area contributed by atoms with Crippen molar-refractivity contribution < 1.29 is 9.47 Å². The van der Waals surface area contributed by atoms with Gasteiger partial charge in [-0.3, -0.25) is 4.90 Å². The van der Waals surface area contributed by atoms with Crippen molar-refractivity contribution >= 4 is 23.2 Å². The van der Waals surface area contributed by atoms with E-state index in [9.17, 15) is 0 Å². The smallest absolute Gasteiger partial charge is 0.123 e. The molecule has 0 bridgehead atoms. The molecule has 0 radical (unpaired) electrons. The highest BCUT2D eigenvalue weighted by Gasteiger charge is 2.11. The summed E-state index contributed by atoms with van der Waals surface area (Å²) in [5.74, 6) is 0.904. The van der Waals surface area contributed by atoms with Crippen molar-refractivity contribution in [1.29, 1.82) is 0 Å². The fourth-order valence-electron chi connectivity index (χ4n) is 2.94. The Morgan fingerprint density at radius 2 is 1.68 bits per heavy atom. The van der Waals surface area contributed by atoms with Gasteiger partial charge in [0.1, 0.15) is 12.4 Å². The van der Waals surface area contributed by atoms with E-state index in [0.717, 1.165) is 72.6 Å². The average Bonchev–Trinajstić information content (AvgIpc) is 2.63. The number of hydrogen-bond acceptors (Lipinski definition) is 3. The predicted octanol–water partition coefficient (Wildman–Crippen LogP) is 4.84. The molecular weight excluding hydrogens is 357 g/mol. The summed E-state index contributed by atoms with van der Waals surface area (Å²) >= 11 is 12.1. The lowest BCUT2D eigenvalue weighted by atomic mass is 10.1. The summed E-state index contributed by atoms with van der Waals surface area (Å²) < 4.78 is 11.4. The lowest BCUT2D eigenvalue weighted by Gasteiger charge is -2.26. The van der Waals surface area contributed by atoms with E-state index in [1.807, 2.05) is 42.5 Å². The monoisotopic (exact) mass is 379 g/mol. The second-order valence-corrected chi connectivity index (χ2v) is 7.10. The molecule has 0 amide bonds. The molecule has 0 spiro atoms. The molecule has 1 saturated heterocycles. The molecule has 2 aromatic carbocycles. The first-order valence-electron chi connectivity index (χ1n) is 8.66. The number of aryl methyl sites for hydroxylation is 1. The highest BCUT2D eigenvalue weighted by molar-refractivity contribution is 6.30. The summed E-state index contributed by atoms with van der Waals surface area (Å²) in [6, 6.07) is 13.6. The molecule has 0 unspecified atom stereocenters. The van der Waals surface area contributed by atoms with Crippen LogP contribution < -0.4 is 4.74 Å². The van der Waals surface area contributed by atoms with Gasteiger partial charge >= 0.3 is 0 Å². The maximum atomic E-state index is 6.18. The van der Waals surface area contributed by atoms with Crippen molar-refractivity contribution in [2.75, 3.05) is 32.8 Å². The van der Waals surface area contributed by atoms with Gasteiger partial charge in [-0.1, -0.05) is 35.3 Å². The number of benzene rings is 2. The van der Waals surface area contributed by atoms with Crippen LogP contribution in [0.15, 0.2) is 42.5 Å². The molecule has 3 nitrogen and oxygen atoms in total. The van der Waals surface area contributed by atoms with Gasteiger partial charge in [-0.25, -0.2) is 0 Å². The van der Waals surface area contributed by atoms with Crippen LogP contribution >= 0.6 is 23.2 Å². The zero-order valence-corrected chi connectivity index (χ0v) is 15.7. The van der Waals surface area contributed by atoms with Gasteiger partial charge in [0.15, 0.2) is 0 Å². The van der Waals surface area contributed by atoms with Crippen molar-refractivity contribution in [2.24, 2.45) is 0 Å². The molecule has 0 aromatic heterocycles. The lowest BCUT2D eigenvalue weighted by molar-refractivity contribution is 0.0374. The van der Waals surface area contributed by atoms with Crippen molar-refractivity contribution in [1.82, 2.24) is 4.90 Å². The van der Waals surface area contributed by atoms with E-state index in [4.69, 9.17) is 32.7 Å². The minimum Gasteiger partial charge on any atom is -0.489 e. The molecule has 0 N–H and O–H groups in total. The lowest BCUT2D eigenvalue weighted by Crippen LogP contribution is -2.36. The van der Waals surface area contributed by atoms with Crippen LogP contribution in [0.3, 0.4) is 0 Å². The first-order valence-corrected chi connectivity index (χ1v) is 9.42. The Morgan fingerprint density at radius 1 is 0.960 bits per heavy atom. The Kier molecular flexibility index (Phi) is 7.00. The van der Waals surface area contributed by atoms with E-state index in [2.05, 4.69) is 4.90 Å². The van der Waals surface area contributed by atoms with Crippen LogP contribution in [0.2, 0.25) is 10.0 Å². The summed E-state index contributed by atoms with van der Waals surface area (Å²) in [5, 5.41) is 1.49. The molecule has 0 saturated carbocycles. The van der Waals surface area contributed by atoms with Gasteiger partial charge in [0.25, 0.3) is 0 Å². The average molecular weight is 380 g/mol. The molecule has 3 rings (SSSR count). The maximum absolute atomic E-state index is 6.18. The summed E-state index contributed by atoms with van der Waals surface area (Å²) in [7, 11) is 0. The van der Waals surface area contributed by atoms with Crippen LogP contribution in [-0.2, 0) is 17.8 Å². The quantitative estimate of drug-likeness (QED) is 0.686. The molecule has 1 fully saturated rings. The van der Waals surface area contributed by atoms with Crippen LogP contribution in [0.1, 0.15) is 17.5 Å². The zero-order chi connectivity index (χ0) is 17.5. The largest absolute Gasteiger partial charge is 0.489 e. The Morgan fingerprint density at radius 3 is 2.44 bits per heavy atom. The Labute approximate surface area is 159 Å². The standard InChI is InChI=1S/C20H23Cl2NO2/c21-18-5-3-16(4-6-18)15-25-20-8-7-19(22)14-17(20)2-1-9-23-10-12-24-13-11-23/h3-8,14H,1-2,9-13,15H2. The summed E-state index contributed by atoms with van der Waals surface area (Å²) in [4.78, 5) is 2.45. The van der Waals surface area contributed by atoms with Crippen LogP contribution in [0, 0.1) is 0 Å². The highest BCUT2D eigenvalue weighted by atomic mass is 35.5. The van der Waals surface area contributed by atoms with Crippen LogP contribution in [0.4, 0.5) is 0 Å². The molecule has 2 aromatic rings. The number of rotatable bonds is 7. The third-order valence-corrected chi connectivity index (χ3v) is 4.84. The third kappa shape index (κ3) is 5.89. The third-order valence-electron chi connectivity index (χ3n) is 4.35. The van der Waals surface area contributed by atoms with Gasteiger partial charge in [0.2, 0.25) is 0 Å². The second kappa shape index (κ2) is 9.44. The molecule has 134 valence electrons. The highest BCUT2D eigenvalue weighted by Crippen LogP contribution is 2.25. The van der Waals surface area contributed by atoms with Gasteiger partial charge < -0.3 is 9.47 Å². The number of nitrogens with zero attached hydrogens (tertiary/aromatic N) is 1. The maximum Gasteiger partial charge on any atom is 0.123 e. The van der Waals surface area contributed by atoms with Crippen LogP contribution in [0.5, 0.6) is 5.75 Å². The Balaban J connectivity index is 1.56. The Hall–Kier alpha value is -1.26. The minimum absolute atomic E-state index is 0.523. The molecule has 0 atom stereocenters.